The molecule has 0 saturated carbocycles. The zero-order valence-electron chi connectivity index (χ0n) is 11.8. The number of carbonyl (C=O) groups excluding carboxylic acids is 2. The van der Waals surface area contributed by atoms with Crippen molar-refractivity contribution in [1.29, 1.82) is 0 Å². The van der Waals surface area contributed by atoms with Gasteiger partial charge >= 0.3 is 0 Å². The van der Waals surface area contributed by atoms with Crippen molar-refractivity contribution in [2.24, 2.45) is 0 Å². The first-order valence-corrected chi connectivity index (χ1v) is 7.38. The third-order valence-corrected chi connectivity index (χ3v) is 4.09. The Morgan fingerprint density at radius 1 is 1.40 bits per heavy atom. The highest BCUT2D eigenvalue weighted by molar-refractivity contribution is 9.10. The Labute approximate surface area is 126 Å². The average Bonchev–Trinajstić information content (AvgIpc) is 2.41. The van der Waals surface area contributed by atoms with E-state index in [9.17, 15) is 9.59 Å². The molecule has 0 bridgehead atoms. The number of piperazine rings is 1. The zero-order chi connectivity index (χ0) is 14.9. The minimum absolute atomic E-state index is 0.0539. The molecule has 2 amide bonds. The topological polar surface area (TPSA) is 62.3 Å². The Morgan fingerprint density at radius 2 is 2.10 bits per heavy atom. The maximum atomic E-state index is 12.5. The van der Waals surface area contributed by atoms with E-state index in [1.54, 1.807) is 24.9 Å². The lowest BCUT2D eigenvalue weighted by Gasteiger charge is -2.44. The highest BCUT2D eigenvalue weighted by atomic mass is 79.9. The molecule has 1 aromatic rings. The summed E-state index contributed by atoms with van der Waals surface area (Å²) in [4.78, 5) is 30.5. The fourth-order valence-corrected chi connectivity index (χ4v) is 2.43. The molecule has 0 aromatic carbocycles. The Hall–Kier alpha value is -1.43. The van der Waals surface area contributed by atoms with E-state index in [0.29, 0.717) is 13.0 Å². The normalized spacial score (nSPS) is 21.8. The van der Waals surface area contributed by atoms with Crippen molar-refractivity contribution in [3.8, 4) is 0 Å². The van der Waals surface area contributed by atoms with Crippen molar-refractivity contribution < 1.29 is 9.59 Å². The second kappa shape index (κ2) is 5.52. The van der Waals surface area contributed by atoms with Crippen LogP contribution in [-0.2, 0) is 16.1 Å². The van der Waals surface area contributed by atoms with Crippen LogP contribution < -0.4 is 5.32 Å². The number of aromatic nitrogens is 1. The molecule has 1 aromatic heterocycles. The summed E-state index contributed by atoms with van der Waals surface area (Å²) in [6.07, 6.45) is 2.28. The second-order valence-corrected chi connectivity index (χ2v) is 6.30. The number of nitrogens with one attached hydrogen (secondary N) is 1. The lowest BCUT2D eigenvalue weighted by molar-refractivity contribution is -0.156. The predicted octanol–water partition coefficient (Wildman–Crippen LogP) is 1.86. The number of carbonyl (C=O) groups is 2. The van der Waals surface area contributed by atoms with Crippen LogP contribution in [0.2, 0.25) is 0 Å². The van der Waals surface area contributed by atoms with E-state index in [4.69, 9.17) is 0 Å². The first-order chi connectivity index (χ1) is 9.36. The first kappa shape index (κ1) is 15.0. The molecular weight excluding hydrogens is 322 g/mol. The predicted molar refractivity (Wildman–Crippen MR) is 78.8 cm³/mol. The van der Waals surface area contributed by atoms with Crippen LogP contribution in [0.25, 0.3) is 0 Å². The van der Waals surface area contributed by atoms with Crippen LogP contribution in [-0.4, -0.2) is 33.3 Å². The number of halogens is 1. The summed E-state index contributed by atoms with van der Waals surface area (Å²) in [7, 11) is 0. The van der Waals surface area contributed by atoms with Gasteiger partial charge in [0.15, 0.2) is 0 Å². The Morgan fingerprint density at radius 3 is 2.65 bits per heavy atom. The van der Waals surface area contributed by atoms with Gasteiger partial charge in [0, 0.05) is 10.7 Å². The minimum Gasteiger partial charge on any atom is -0.342 e. The molecule has 0 radical (unpaired) electrons. The molecule has 2 rings (SSSR count). The van der Waals surface area contributed by atoms with Crippen molar-refractivity contribution in [3.63, 3.8) is 0 Å². The summed E-state index contributed by atoms with van der Waals surface area (Å²) in [5, 5.41) is 2.77. The molecule has 108 valence electrons. The monoisotopic (exact) mass is 339 g/mol. The fourth-order valence-electron chi connectivity index (χ4n) is 2.20. The molecule has 1 atom stereocenters. The summed E-state index contributed by atoms with van der Waals surface area (Å²) in [6, 6.07) is 3.29. The standard InChI is InChI=1S/C14H18BrN3O2/c1-4-11-12(19)18(14(2,3)13(20)17-11)8-10-6-5-9(15)7-16-10/h5-7,11H,4,8H2,1-3H3,(H,17,20). The van der Waals surface area contributed by atoms with Crippen molar-refractivity contribution in [2.45, 2.75) is 45.3 Å². The van der Waals surface area contributed by atoms with Crippen molar-refractivity contribution in [1.82, 2.24) is 15.2 Å². The van der Waals surface area contributed by atoms with Crippen molar-refractivity contribution in [3.05, 3.63) is 28.5 Å². The molecule has 1 aliphatic rings. The van der Waals surface area contributed by atoms with Crippen LogP contribution in [0.5, 0.6) is 0 Å². The molecular formula is C14H18BrN3O2. The average molecular weight is 340 g/mol. The van der Waals surface area contributed by atoms with E-state index in [2.05, 4.69) is 26.2 Å². The van der Waals surface area contributed by atoms with Crippen molar-refractivity contribution in [2.75, 3.05) is 0 Å². The van der Waals surface area contributed by atoms with E-state index in [1.807, 2.05) is 19.1 Å². The van der Waals surface area contributed by atoms with Gasteiger partial charge in [-0.15, -0.1) is 0 Å². The number of pyridine rings is 1. The Bertz CT molecular complexity index is 528. The Balaban J connectivity index is 2.27. The molecule has 1 unspecified atom stereocenters. The van der Waals surface area contributed by atoms with Gasteiger partial charge in [-0.3, -0.25) is 14.6 Å². The van der Waals surface area contributed by atoms with Crippen LogP contribution >= 0.6 is 15.9 Å². The number of amides is 2. The lowest BCUT2D eigenvalue weighted by atomic mass is 9.94. The number of hydrogen-bond acceptors (Lipinski definition) is 3. The molecule has 1 aliphatic heterocycles. The number of nitrogens with zero attached hydrogens (tertiary/aromatic N) is 2. The summed E-state index contributed by atoms with van der Waals surface area (Å²) in [5.74, 6) is -0.178. The molecule has 6 heteroatoms. The molecule has 1 saturated heterocycles. The van der Waals surface area contributed by atoms with Gasteiger partial charge < -0.3 is 10.2 Å². The van der Waals surface area contributed by atoms with Gasteiger partial charge in [0.05, 0.1) is 12.2 Å². The van der Waals surface area contributed by atoms with Crippen LogP contribution in [0, 0.1) is 0 Å². The van der Waals surface area contributed by atoms with E-state index in [-0.39, 0.29) is 11.8 Å². The largest absolute Gasteiger partial charge is 0.342 e. The Kier molecular flexibility index (Phi) is 4.13. The van der Waals surface area contributed by atoms with E-state index in [1.165, 1.54) is 0 Å². The van der Waals surface area contributed by atoms with E-state index >= 15 is 0 Å². The van der Waals surface area contributed by atoms with Gasteiger partial charge in [0.1, 0.15) is 11.6 Å². The minimum atomic E-state index is -0.864. The smallest absolute Gasteiger partial charge is 0.246 e. The van der Waals surface area contributed by atoms with Gasteiger partial charge in [0.25, 0.3) is 0 Å². The zero-order valence-corrected chi connectivity index (χ0v) is 13.4. The van der Waals surface area contributed by atoms with Crippen LogP contribution in [0.1, 0.15) is 32.9 Å². The molecule has 1 fully saturated rings. The van der Waals surface area contributed by atoms with E-state index < -0.39 is 11.6 Å². The molecule has 0 aliphatic carbocycles. The van der Waals surface area contributed by atoms with Gasteiger partial charge in [0.2, 0.25) is 11.8 Å². The summed E-state index contributed by atoms with van der Waals surface area (Å²) < 4.78 is 0.884. The van der Waals surface area contributed by atoms with Crippen LogP contribution in [0.3, 0.4) is 0 Å². The van der Waals surface area contributed by atoms with Crippen LogP contribution in [0.4, 0.5) is 0 Å². The summed E-state index contributed by atoms with van der Waals surface area (Å²) >= 11 is 3.33. The number of rotatable bonds is 3. The molecule has 2 heterocycles. The first-order valence-electron chi connectivity index (χ1n) is 6.59. The maximum Gasteiger partial charge on any atom is 0.246 e. The molecule has 1 N–H and O–H groups in total. The van der Waals surface area contributed by atoms with E-state index in [0.717, 1.165) is 10.2 Å². The molecule has 20 heavy (non-hydrogen) atoms. The SMILES string of the molecule is CCC1NC(=O)C(C)(C)N(Cc2ccc(Br)cn2)C1=O. The third-order valence-electron chi connectivity index (χ3n) is 3.62. The summed E-state index contributed by atoms with van der Waals surface area (Å²) in [5.41, 5.74) is -0.100. The fraction of sp³-hybridized carbons (Fsp3) is 0.500. The van der Waals surface area contributed by atoms with Gasteiger partial charge in [-0.25, -0.2) is 0 Å². The second-order valence-electron chi connectivity index (χ2n) is 5.39. The van der Waals surface area contributed by atoms with Crippen LogP contribution in [0.15, 0.2) is 22.8 Å². The van der Waals surface area contributed by atoms with Gasteiger partial charge in [-0.1, -0.05) is 6.92 Å². The summed E-state index contributed by atoms with van der Waals surface area (Å²) in [6.45, 7) is 5.73. The van der Waals surface area contributed by atoms with Gasteiger partial charge in [-0.2, -0.15) is 0 Å². The quantitative estimate of drug-likeness (QED) is 0.914. The van der Waals surface area contributed by atoms with Crippen molar-refractivity contribution >= 4 is 27.7 Å². The third kappa shape index (κ3) is 2.70. The number of hydrogen-bond donors (Lipinski definition) is 1. The maximum absolute atomic E-state index is 12.5. The highest BCUT2D eigenvalue weighted by Gasteiger charge is 2.45. The lowest BCUT2D eigenvalue weighted by Crippen LogP contribution is -2.67. The molecule has 5 nitrogen and oxygen atoms in total. The highest BCUT2D eigenvalue weighted by Crippen LogP contribution is 2.24. The molecule has 0 spiro atoms. The van der Waals surface area contributed by atoms with Gasteiger partial charge in [-0.05, 0) is 48.3 Å².